The molecule has 0 bridgehead atoms. The lowest BCUT2D eigenvalue weighted by atomic mass is 10.2. The first kappa shape index (κ1) is 10.3. The van der Waals surface area contributed by atoms with E-state index in [4.69, 9.17) is 0 Å². The summed E-state index contributed by atoms with van der Waals surface area (Å²) in [4.78, 5) is 0. The van der Waals surface area contributed by atoms with Crippen molar-refractivity contribution in [3.8, 4) is 0 Å². The Morgan fingerprint density at radius 1 is 1.58 bits per heavy atom. The van der Waals surface area contributed by atoms with Crippen LogP contribution in [-0.4, -0.2) is 17.4 Å². The average molecular weight is 194 g/mol. The Bertz CT molecular complexity index is 147. The summed E-state index contributed by atoms with van der Waals surface area (Å²) < 4.78 is 24.8. The molecule has 12 heavy (non-hydrogen) atoms. The van der Waals surface area contributed by atoms with E-state index in [1.54, 1.807) is 11.8 Å². The topological polar surface area (TPSA) is 0 Å². The maximum absolute atomic E-state index is 12.4. The van der Waals surface area contributed by atoms with Gasteiger partial charge in [0.1, 0.15) is 0 Å². The Morgan fingerprint density at radius 2 is 2.17 bits per heavy atom. The molecule has 0 N–H and O–H groups in total. The molecule has 0 aromatic rings. The molecule has 0 nitrogen and oxygen atoms in total. The van der Waals surface area contributed by atoms with Crippen molar-refractivity contribution in [2.24, 2.45) is 11.8 Å². The van der Waals surface area contributed by atoms with E-state index in [1.165, 1.54) is 0 Å². The van der Waals surface area contributed by atoms with Crippen LogP contribution in [0.5, 0.6) is 0 Å². The van der Waals surface area contributed by atoms with E-state index in [2.05, 4.69) is 13.8 Å². The Hall–Kier alpha value is 0.210. The molecular formula is C9H16F2S. The number of rotatable bonds is 5. The molecule has 0 heterocycles. The van der Waals surface area contributed by atoms with Gasteiger partial charge in [0.15, 0.2) is 0 Å². The van der Waals surface area contributed by atoms with Crippen molar-refractivity contribution in [2.75, 3.05) is 11.5 Å². The summed E-state index contributed by atoms with van der Waals surface area (Å²) in [6.07, 6.45) is 1.27. The second kappa shape index (κ2) is 3.95. The zero-order valence-electron chi connectivity index (χ0n) is 7.65. The van der Waals surface area contributed by atoms with Crippen molar-refractivity contribution >= 4 is 11.8 Å². The zero-order chi connectivity index (χ0) is 9.19. The summed E-state index contributed by atoms with van der Waals surface area (Å²) in [5.74, 6) is -0.281. The first-order valence-electron chi connectivity index (χ1n) is 4.51. The molecule has 2 atom stereocenters. The molecule has 3 heteroatoms. The Labute approximate surface area is 77.1 Å². The fraction of sp³-hybridized carbons (Fsp3) is 1.00. The molecule has 0 aromatic heterocycles. The van der Waals surface area contributed by atoms with E-state index in [0.717, 1.165) is 12.2 Å². The van der Waals surface area contributed by atoms with E-state index < -0.39 is 5.92 Å². The molecule has 1 unspecified atom stereocenters. The largest absolute Gasteiger partial charge is 0.252 e. The highest BCUT2D eigenvalue weighted by atomic mass is 32.2. The average Bonchev–Trinajstić information content (AvgIpc) is 2.59. The number of thioether (sulfide) groups is 1. The second-order valence-electron chi connectivity index (χ2n) is 3.71. The highest BCUT2D eigenvalue weighted by Gasteiger charge is 2.56. The number of hydrogen-bond donors (Lipinski definition) is 0. The van der Waals surface area contributed by atoms with Crippen LogP contribution < -0.4 is 0 Å². The Kier molecular flexibility index (Phi) is 3.38. The normalized spacial score (nSPS) is 28.5. The number of halogens is 2. The summed E-state index contributed by atoms with van der Waals surface area (Å²) in [5.41, 5.74) is 0. The number of hydrogen-bond acceptors (Lipinski definition) is 1. The van der Waals surface area contributed by atoms with Crippen molar-refractivity contribution in [2.45, 2.75) is 32.6 Å². The van der Waals surface area contributed by atoms with Gasteiger partial charge in [-0.05, 0) is 11.7 Å². The summed E-state index contributed by atoms with van der Waals surface area (Å²) in [6, 6.07) is 0. The van der Waals surface area contributed by atoms with Crippen molar-refractivity contribution in [1.29, 1.82) is 0 Å². The van der Waals surface area contributed by atoms with Gasteiger partial charge in [-0.1, -0.05) is 20.3 Å². The minimum Gasteiger partial charge on any atom is -0.207 e. The molecular weight excluding hydrogens is 178 g/mol. The Balaban J connectivity index is 1.98. The van der Waals surface area contributed by atoms with Crippen LogP contribution >= 0.6 is 11.8 Å². The quantitative estimate of drug-likeness (QED) is 0.646. The Morgan fingerprint density at radius 3 is 2.58 bits per heavy atom. The van der Waals surface area contributed by atoms with E-state index in [1.807, 2.05) is 0 Å². The lowest BCUT2D eigenvalue weighted by molar-refractivity contribution is 0.103. The van der Waals surface area contributed by atoms with Crippen molar-refractivity contribution in [3.63, 3.8) is 0 Å². The van der Waals surface area contributed by atoms with Gasteiger partial charge in [-0.15, -0.1) is 0 Å². The first-order chi connectivity index (χ1) is 5.56. The summed E-state index contributed by atoms with van der Waals surface area (Å²) in [7, 11) is 0. The van der Waals surface area contributed by atoms with Gasteiger partial charge in [-0.3, -0.25) is 0 Å². The summed E-state index contributed by atoms with van der Waals surface area (Å²) in [5, 5.41) is 0. The molecule has 0 aliphatic heterocycles. The van der Waals surface area contributed by atoms with Crippen molar-refractivity contribution in [1.82, 2.24) is 0 Å². The fourth-order valence-corrected chi connectivity index (χ4v) is 2.40. The van der Waals surface area contributed by atoms with Crippen LogP contribution in [-0.2, 0) is 0 Å². The van der Waals surface area contributed by atoms with Crippen LogP contribution in [0.1, 0.15) is 26.7 Å². The van der Waals surface area contributed by atoms with Gasteiger partial charge in [-0.2, -0.15) is 11.8 Å². The van der Waals surface area contributed by atoms with Crippen molar-refractivity contribution < 1.29 is 8.78 Å². The highest BCUT2D eigenvalue weighted by Crippen LogP contribution is 2.50. The lowest BCUT2D eigenvalue weighted by Crippen LogP contribution is -2.00. The lowest BCUT2D eigenvalue weighted by Gasteiger charge is -2.06. The molecule has 0 spiro atoms. The van der Waals surface area contributed by atoms with Crippen molar-refractivity contribution in [3.05, 3.63) is 0 Å². The minimum atomic E-state index is -2.32. The minimum absolute atomic E-state index is 0.126. The molecule has 0 aromatic carbocycles. The van der Waals surface area contributed by atoms with Gasteiger partial charge in [0.05, 0.1) is 0 Å². The van der Waals surface area contributed by atoms with E-state index in [9.17, 15) is 8.78 Å². The fourth-order valence-electron chi connectivity index (χ4n) is 0.980. The van der Waals surface area contributed by atoms with E-state index in [0.29, 0.717) is 11.7 Å². The summed E-state index contributed by atoms with van der Waals surface area (Å²) in [6.45, 7) is 4.30. The van der Waals surface area contributed by atoms with Crippen LogP contribution in [0.4, 0.5) is 8.78 Å². The monoisotopic (exact) mass is 194 g/mol. The molecule has 1 rings (SSSR count). The molecule has 1 aliphatic rings. The van der Waals surface area contributed by atoms with E-state index >= 15 is 0 Å². The standard InChI is InChI=1S/C9H16F2S/c1-3-7(2)5-12-6-8-4-9(8,10)11/h7-8H,3-6H2,1-2H3/t7-,8?/m1/s1. The first-order valence-corrected chi connectivity index (χ1v) is 5.67. The molecule has 1 aliphatic carbocycles. The highest BCUT2D eigenvalue weighted by molar-refractivity contribution is 7.99. The predicted molar refractivity (Wildman–Crippen MR) is 49.8 cm³/mol. The summed E-state index contributed by atoms with van der Waals surface area (Å²) >= 11 is 1.68. The molecule has 0 amide bonds. The SMILES string of the molecule is CC[C@@H](C)CSCC1CC1(F)F. The van der Waals surface area contributed by atoms with Gasteiger partial charge in [-0.25, -0.2) is 8.78 Å². The predicted octanol–water partition coefficient (Wildman–Crippen LogP) is 3.42. The zero-order valence-corrected chi connectivity index (χ0v) is 8.46. The molecule has 72 valence electrons. The van der Waals surface area contributed by atoms with Gasteiger partial charge in [0.2, 0.25) is 0 Å². The van der Waals surface area contributed by atoms with Crippen LogP contribution in [0.15, 0.2) is 0 Å². The van der Waals surface area contributed by atoms with Gasteiger partial charge in [0.25, 0.3) is 5.92 Å². The van der Waals surface area contributed by atoms with Gasteiger partial charge in [0, 0.05) is 18.1 Å². The maximum Gasteiger partial charge on any atom is 0.252 e. The molecule has 1 fully saturated rings. The van der Waals surface area contributed by atoms with Crippen LogP contribution in [0, 0.1) is 11.8 Å². The molecule has 1 saturated carbocycles. The third-order valence-corrected chi connectivity index (χ3v) is 3.82. The molecule has 0 radical (unpaired) electrons. The second-order valence-corrected chi connectivity index (χ2v) is 4.79. The third-order valence-electron chi connectivity index (χ3n) is 2.37. The van der Waals surface area contributed by atoms with Crippen LogP contribution in [0.25, 0.3) is 0 Å². The van der Waals surface area contributed by atoms with E-state index in [-0.39, 0.29) is 12.3 Å². The van der Waals surface area contributed by atoms with Gasteiger partial charge < -0.3 is 0 Å². The maximum atomic E-state index is 12.4. The van der Waals surface area contributed by atoms with Gasteiger partial charge >= 0.3 is 0 Å². The van der Waals surface area contributed by atoms with Crippen LogP contribution in [0.2, 0.25) is 0 Å². The number of alkyl halides is 2. The molecule has 0 saturated heterocycles. The smallest absolute Gasteiger partial charge is 0.207 e. The van der Waals surface area contributed by atoms with Crippen LogP contribution in [0.3, 0.4) is 0 Å². The third kappa shape index (κ3) is 2.92.